The molecule has 1 unspecified atom stereocenters. The highest BCUT2D eigenvalue weighted by molar-refractivity contribution is 7.91. The van der Waals surface area contributed by atoms with E-state index < -0.39 is 9.84 Å². The molecule has 3 rings (SSSR count). The highest BCUT2D eigenvalue weighted by atomic mass is 32.2. The lowest BCUT2D eigenvalue weighted by Gasteiger charge is -2.29. The summed E-state index contributed by atoms with van der Waals surface area (Å²) in [5, 5.41) is 7.10. The van der Waals surface area contributed by atoms with Crippen molar-refractivity contribution in [3.63, 3.8) is 0 Å². The van der Waals surface area contributed by atoms with Gasteiger partial charge in [0.2, 0.25) is 0 Å². The maximum absolute atomic E-state index is 11.6. The molecule has 1 aliphatic heterocycles. The number of sulfone groups is 1. The van der Waals surface area contributed by atoms with E-state index in [4.69, 9.17) is 4.99 Å². The third-order valence-electron chi connectivity index (χ3n) is 5.56. The minimum Gasteiger partial charge on any atom is -0.356 e. The molecule has 1 atom stereocenters. The molecule has 0 amide bonds. The van der Waals surface area contributed by atoms with Gasteiger partial charge in [-0.05, 0) is 43.9 Å². The van der Waals surface area contributed by atoms with Gasteiger partial charge in [-0.3, -0.25) is 4.99 Å². The Balaban J connectivity index is 1.52. The van der Waals surface area contributed by atoms with Crippen LogP contribution in [0.3, 0.4) is 0 Å². The number of hydrogen-bond acceptors (Lipinski definition) is 3. The van der Waals surface area contributed by atoms with Crippen molar-refractivity contribution in [2.45, 2.75) is 63.8 Å². The zero-order chi connectivity index (χ0) is 16.1. The molecule has 1 heterocycles. The maximum Gasteiger partial charge on any atom is 0.191 e. The number of guanidine groups is 1. The minimum atomic E-state index is -2.80. The third-order valence-corrected chi connectivity index (χ3v) is 7.40. The summed E-state index contributed by atoms with van der Waals surface area (Å²) >= 11 is 0. The van der Waals surface area contributed by atoms with Crippen molar-refractivity contribution >= 4 is 15.8 Å². The maximum atomic E-state index is 11.6. The fraction of sp³-hybridized carbons (Fsp3) is 0.941. The molecule has 0 aromatic carbocycles. The highest BCUT2D eigenvalue weighted by Crippen LogP contribution is 2.25. The van der Waals surface area contributed by atoms with Gasteiger partial charge in [-0.15, -0.1) is 0 Å². The normalized spacial score (nSPS) is 29.2. The molecule has 132 valence electrons. The second kappa shape index (κ2) is 7.86. The van der Waals surface area contributed by atoms with Crippen LogP contribution >= 0.6 is 0 Å². The number of hydrogen-bond donors (Lipinski definition) is 2. The van der Waals surface area contributed by atoms with Crippen LogP contribution in [-0.2, 0) is 9.84 Å². The fourth-order valence-corrected chi connectivity index (χ4v) is 5.62. The van der Waals surface area contributed by atoms with E-state index in [1.165, 1.54) is 51.4 Å². The Hall–Kier alpha value is -0.780. The first kappa shape index (κ1) is 17.1. The van der Waals surface area contributed by atoms with Crippen molar-refractivity contribution in [3.05, 3.63) is 0 Å². The average Bonchev–Trinajstić information content (AvgIpc) is 2.83. The number of nitrogens with zero attached hydrogens (tertiary/aromatic N) is 1. The Morgan fingerprint density at radius 3 is 2.35 bits per heavy atom. The molecule has 2 aliphatic carbocycles. The molecule has 1 saturated heterocycles. The molecule has 6 heteroatoms. The Morgan fingerprint density at radius 2 is 1.74 bits per heavy atom. The van der Waals surface area contributed by atoms with Crippen LogP contribution in [0, 0.1) is 11.8 Å². The van der Waals surface area contributed by atoms with Crippen LogP contribution in [0.4, 0.5) is 0 Å². The Kier molecular flexibility index (Phi) is 5.83. The summed E-state index contributed by atoms with van der Waals surface area (Å²) in [7, 11) is -2.80. The van der Waals surface area contributed by atoms with Crippen LogP contribution in [0.1, 0.15) is 57.8 Å². The Bertz CT molecular complexity index is 508. The quantitative estimate of drug-likeness (QED) is 0.593. The molecular formula is C17H31N3O2S. The molecule has 23 heavy (non-hydrogen) atoms. The van der Waals surface area contributed by atoms with Crippen molar-refractivity contribution in [1.29, 1.82) is 0 Å². The molecule has 0 aromatic heterocycles. The van der Waals surface area contributed by atoms with Crippen molar-refractivity contribution in [2.24, 2.45) is 16.8 Å². The highest BCUT2D eigenvalue weighted by Gasteiger charge is 2.27. The van der Waals surface area contributed by atoms with E-state index in [1.54, 1.807) is 0 Å². The molecule has 2 saturated carbocycles. The predicted octanol–water partition coefficient (Wildman–Crippen LogP) is 2.09. The van der Waals surface area contributed by atoms with Gasteiger partial charge in [-0.2, -0.15) is 0 Å². The van der Waals surface area contributed by atoms with E-state index in [-0.39, 0.29) is 5.92 Å². The van der Waals surface area contributed by atoms with Gasteiger partial charge in [-0.1, -0.05) is 25.7 Å². The molecule has 0 radical (unpaired) electrons. The van der Waals surface area contributed by atoms with Gasteiger partial charge >= 0.3 is 0 Å². The molecule has 0 aromatic rings. The number of aliphatic imine (C=N–C) groups is 1. The van der Waals surface area contributed by atoms with E-state index >= 15 is 0 Å². The van der Waals surface area contributed by atoms with E-state index in [0.29, 0.717) is 24.1 Å². The second-order valence-corrected chi connectivity index (χ2v) is 9.84. The van der Waals surface area contributed by atoms with Crippen molar-refractivity contribution in [2.75, 3.05) is 24.6 Å². The summed E-state index contributed by atoms with van der Waals surface area (Å²) < 4.78 is 23.2. The molecule has 0 bridgehead atoms. The third kappa shape index (κ3) is 5.37. The van der Waals surface area contributed by atoms with Gasteiger partial charge in [0.25, 0.3) is 0 Å². The van der Waals surface area contributed by atoms with Crippen LogP contribution in [0.25, 0.3) is 0 Å². The lowest BCUT2D eigenvalue weighted by atomic mass is 9.85. The minimum absolute atomic E-state index is 0.202. The van der Waals surface area contributed by atoms with Crippen molar-refractivity contribution in [3.8, 4) is 0 Å². The van der Waals surface area contributed by atoms with Gasteiger partial charge in [0, 0.05) is 19.1 Å². The summed E-state index contributed by atoms with van der Waals surface area (Å²) in [5.41, 5.74) is 0. The van der Waals surface area contributed by atoms with Gasteiger partial charge in [0.05, 0.1) is 11.5 Å². The topological polar surface area (TPSA) is 70.6 Å². The van der Waals surface area contributed by atoms with Crippen LogP contribution < -0.4 is 10.6 Å². The van der Waals surface area contributed by atoms with Crippen LogP contribution in [0.15, 0.2) is 4.99 Å². The SMILES string of the molecule is O=S1(=O)CCC(CN=C(NCC2CCC2)NC2CCCCC2)C1. The smallest absolute Gasteiger partial charge is 0.191 e. The van der Waals surface area contributed by atoms with Crippen LogP contribution in [-0.4, -0.2) is 45.0 Å². The van der Waals surface area contributed by atoms with Gasteiger partial charge < -0.3 is 10.6 Å². The van der Waals surface area contributed by atoms with Crippen LogP contribution in [0.5, 0.6) is 0 Å². The van der Waals surface area contributed by atoms with Crippen LogP contribution in [0.2, 0.25) is 0 Å². The molecule has 3 aliphatic rings. The zero-order valence-corrected chi connectivity index (χ0v) is 14.9. The summed E-state index contributed by atoms with van der Waals surface area (Å²) in [6.07, 6.45) is 11.2. The molecular weight excluding hydrogens is 310 g/mol. The van der Waals surface area contributed by atoms with Gasteiger partial charge in [0.1, 0.15) is 0 Å². The summed E-state index contributed by atoms with van der Waals surface area (Å²) in [6, 6.07) is 0.531. The average molecular weight is 342 g/mol. The van der Waals surface area contributed by atoms with Gasteiger partial charge in [0.15, 0.2) is 15.8 Å². The molecule has 3 fully saturated rings. The molecule has 5 nitrogen and oxygen atoms in total. The Morgan fingerprint density at radius 1 is 0.957 bits per heavy atom. The predicted molar refractivity (Wildman–Crippen MR) is 94.4 cm³/mol. The van der Waals surface area contributed by atoms with E-state index in [0.717, 1.165) is 24.8 Å². The molecule has 2 N–H and O–H groups in total. The first-order valence-electron chi connectivity index (χ1n) is 9.36. The van der Waals surface area contributed by atoms with E-state index in [2.05, 4.69) is 10.6 Å². The summed E-state index contributed by atoms with van der Waals surface area (Å²) in [6.45, 7) is 1.63. The second-order valence-electron chi connectivity index (χ2n) is 7.62. The van der Waals surface area contributed by atoms with Crippen molar-refractivity contribution in [1.82, 2.24) is 10.6 Å². The molecule has 0 spiro atoms. The van der Waals surface area contributed by atoms with Crippen molar-refractivity contribution < 1.29 is 8.42 Å². The Labute approximate surface area is 140 Å². The first-order chi connectivity index (χ1) is 11.1. The fourth-order valence-electron chi connectivity index (χ4n) is 3.77. The van der Waals surface area contributed by atoms with E-state index in [9.17, 15) is 8.42 Å². The standard InChI is InChI=1S/C17H31N3O2S/c21-23(22)10-9-15(13-23)12-19-17(18-11-14-5-4-6-14)20-16-7-2-1-3-8-16/h14-16H,1-13H2,(H2,18,19,20). The van der Waals surface area contributed by atoms with E-state index in [1.807, 2.05) is 0 Å². The van der Waals surface area contributed by atoms with Gasteiger partial charge in [-0.25, -0.2) is 8.42 Å². The number of rotatable bonds is 5. The lowest BCUT2D eigenvalue weighted by Crippen LogP contribution is -2.46. The summed E-state index contributed by atoms with van der Waals surface area (Å²) in [4.78, 5) is 4.73. The first-order valence-corrected chi connectivity index (χ1v) is 11.2. The zero-order valence-electron chi connectivity index (χ0n) is 14.1. The monoisotopic (exact) mass is 341 g/mol. The summed E-state index contributed by atoms with van der Waals surface area (Å²) in [5.74, 6) is 2.56. The largest absolute Gasteiger partial charge is 0.356 e. The lowest BCUT2D eigenvalue weighted by molar-refractivity contribution is 0.313. The number of nitrogens with one attached hydrogen (secondary N) is 2.